The van der Waals surface area contributed by atoms with E-state index in [0.29, 0.717) is 0 Å². The lowest BCUT2D eigenvalue weighted by Gasteiger charge is -2.39. The Labute approximate surface area is 167 Å². The molecule has 2 aliphatic rings. The van der Waals surface area contributed by atoms with Gasteiger partial charge in [0.1, 0.15) is 0 Å². The highest BCUT2D eigenvalue weighted by atomic mass is 35.5. The molecule has 1 aliphatic heterocycles. The Hall–Kier alpha value is -2.48. The molecule has 0 saturated carbocycles. The van der Waals surface area contributed by atoms with Gasteiger partial charge in [0.15, 0.2) is 0 Å². The molecule has 128 valence electrons. The first-order valence-electron chi connectivity index (χ1n) is 9.07. The first-order valence-corrected chi connectivity index (χ1v) is 10.3. The van der Waals surface area contributed by atoms with Crippen molar-refractivity contribution in [2.24, 2.45) is 0 Å². The minimum Gasteiger partial charge on any atom is -0.0894 e. The molecule has 0 saturated heterocycles. The molecule has 0 atom stereocenters. The van der Waals surface area contributed by atoms with E-state index in [4.69, 9.17) is 11.6 Å². The fraction of sp³-hybridized carbons (Fsp3) is 0.0400. The molecule has 1 heterocycles. The molecule has 2 heteroatoms. The zero-order valence-electron chi connectivity index (χ0n) is 14.4. The van der Waals surface area contributed by atoms with Crippen LogP contribution in [0.3, 0.4) is 0 Å². The van der Waals surface area contributed by atoms with Crippen LogP contribution in [0, 0.1) is 0 Å². The van der Waals surface area contributed by atoms with Crippen molar-refractivity contribution >= 4 is 23.4 Å². The molecule has 1 aliphatic carbocycles. The van der Waals surface area contributed by atoms with Crippen LogP contribution < -0.4 is 0 Å². The summed E-state index contributed by atoms with van der Waals surface area (Å²) in [6.07, 6.45) is 0. The Kier molecular flexibility index (Phi) is 3.18. The van der Waals surface area contributed by atoms with Crippen molar-refractivity contribution in [1.82, 2.24) is 0 Å². The largest absolute Gasteiger partial charge is 0.0894 e. The smallest absolute Gasteiger partial charge is 0.0735 e. The summed E-state index contributed by atoms with van der Waals surface area (Å²) >= 11 is 8.38. The summed E-state index contributed by atoms with van der Waals surface area (Å²) in [7, 11) is 0. The highest BCUT2D eigenvalue weighted by Gasteiger charge is 2.49. The molecule has 0 unspecified atom stereocenters. The monoisotopic (exact) mass is 382 g/mol. The van der Waals surface area contributed by atoms with Crippen LogP contribution >= 0.6 is 23.4 Å². The summed E-state index contributed by atoms with van der Waals surface area (Å²) in [6.45, 7) is 0. The van der Waals surface area contributed by atoms with Gasteiger partial charge in [-0.15, -0.1) is 0 Å². The highest BCUT2D eigenvalue weighted by Crippen LogP contribution is 2.62. The second-order valence-corrected chi connectivity index (χ2v) is 8.60. The van der Waals surface area contributed by atoms with E-state index in [0.717, 1.165) is 5.02 Å². The summed E-state index contributed by atoms with van der Waals surface area (Å²) in [5.74, 6) is 0. The molecule has 4 aromatic carbocycles. The number of fused-ring (bicyclic) bond motifs is 9. The van der Waals surface area contributed by atoms with Crippen molar-refractivity contribution in [3.8, 4) is 11.1 Å². The Morgan fingerprint density at radius 2 is 1.11 bits per heavy atom. The van der Waals surface area contributed by atoms with Crippen LogP contribution in [0.25, 0.3) is 11.1 Å². The lowest BCUT2D eigenvalue weighted by Crippen LogP contribution is -2.31. The van der Waals surface area contributed by atoms with Crippen LogP contribution in [0.2, 0.25) is 5.02 Å². The molecular weight excluding hydrogens is 368 g/mol. The molecular formula is C25H15ClS. The molecule has 1 spiro atoms. The first-order chi connectivity index (χ1) is 13.3. The van der Waals surface area contributed by atoms with Gasteiger partial charge >= 0.3 is 0 Å². The van der Waals surface area contributed by atoms with Gasteiger partial charge in [-0.1, -0.05) is 90.1 Å². The van der Waals surface area contributed by atoms with Gasteiger partial charge in [0.2, 0.25) is 0 Å². The number of hydrogen-bond acceptors (Lipinski definition) is 1. The van der Waals surface area contributed by atoms with Crippen molar-refractivity contribution in [3.63, 3.8) is 0 Å². The van der Waals surface area contributed by atoms with Crippen LogP contribution in [-0.2, 0) is 5.41 Å². The Bertz CT molecular complexity index is 1180. The predicted molar refractivity (Wildman–Crippen MR) is 113 cm³/mol. The normalized spacial score (nSPS) is 15.0. The molecule has 0 bridgehead atoms. The molecule has 0 aromatic heterocycles. The van der Waals surface area contributed by atoms with Crippen LogP contribution in [0.1, 0.15) is 22.3 Å². The summed E-state index contributed by atoms with van der Waals surface area (Å²) in [4.78, 5) is 2.64. The van der Waals surface area contributed by atoms with E-state index in [9.17, 15) is 0 Å². The quantitative estimate of drug-likeness (QED) is 0.268. The number of hydrogen-bond donors (Lipinski definition) is 0. The third kappa shape index (κ3) is 1.91. The van der Waals surface area contributed by atoms with Crippen molar-refractivity contribution in [3.05, 3.63) is 118 Å². The summed E-state index contributed by atoms with van der Waals surface area (Å²) < 4.78 is 0. The van der Waals surface area contributed by atoms with E-state index >= 15 is 0 Å². The second kappa shape index (κ2) is 5.51. The first kappa shape index (κ1) is 15.6. The zero-order valence-corrected chi connectivity index (χ0v) is 16.0. The van der Waals surface area contributed by atoms with Gasteiger partial charge in [-0.2, -0.15) is 0 Å². The highest BCUT2D eigenvalue weighted by molar-refractivity contribution is 7.99. The van der Waals surface area contributed by atoms with Gasteiger partial charge in [0.25, 0.3) is 0 Å². The maximum atomic E-state index is 6.52. The number of benzene rings is 4. The molecule has 0 nitrogen and oxygen atoms in total. The van der Waals surface area contributed by atoms with Gasteiger partial charge in [-0.3, -0.25) is 0 Å². The lowest BCUT2D eigenvalue weighted by atomic mass is 9.67. The van der Waals surface area contributed by atoms with Gasteiger partial charge in [-0.05, 0) is 57.6 Å². The van der Waals surface area contributed by atoms with Crippen LogP contribution in [-0.4, -0.2) is 0 Å². The van der Waals surface area contributed by atoms with Crippen molar-refractivity contribution in [1.29, 1.82) is 0 Å². The topological polar surface area (TPSA) is 0 Å². The lowest BCUT2D eigenvalue weighted by molar-refractivity contribution is 0.722. The summed E-state index contributed by atoms with van der Waals surface area (Å²) in [5, 5.41) is 0.786. The SMILES string of the molecule is Clc1ccc2c(c1)C1(c3ccccc3Sc3ccccc31)c1ccccc1-2. The van der Waals surface area contributed by atoms with Crippen LogP contribution in [0.4, 0.5) is 0 Å². The Morgan fingerprint density at radius 1 is 0.556 bits per heavy atom. The molecule has 0 radical (unpaired) electrons. The van der Waals surface area contributed by atoms with Crippen molar-refractivity contribution in [2.75, 3.05) is 0 Å². The van der Waals surface area contributed by atoms with E-state index in [1.165, 1.54) is 43.2 Å². The van der Waals surface area contributed by atoms with Gasteiger partial charge in [0, 0.05) is 14.8 Å². The fourth-order valence-electron chi connectivity index (χ4n) is 4.83. The van der Waals surface area contributed by atoms with Crippen molar-refractivity contribution < 1.29 is 0 Å². The molecule has 0 fully saturated rings. The minimum atomic E-state index is -0.310. The molecule has 6 rings (SSSR count). The van der Waals surface area contributed by atoms with E-state index < -0.39 is 0 Å². The molecule has 0 N–H and O–H groups in total. The molecule has 27 heavy (non-hydrogen) atoms. The van der Waals surface area contributed by atoms with Gasteiger partial charge in [-0.25, -0.2) is 0 Å². The van der Waals surface area contributed by atoms with E-state index in [2.05, 4.69) is 84.9 Å². The second-order valence-electron chi connectivity index (χ2n) is 7.08. The number of rotatable bonds is 0. The summed E-state index contributed by atoms with van der Waals surface area (Å²) in [6, 6.07) is 32.8. The minimum absolute atomic E-state index is 0.310. The zero-order chi connectivity index (χ0) is 18.0. The standard InChI is InChI=1S/C25H15ClS/c26-16-13-14-18-17-7-1-2-8-19(17)25(22(18)15-16)20-9-3-5-11-23(20)27-24-12-6-4-10-21(24)25/h1-15H. The van der Waals surface area contributed by atoms with E-state index in [1.54, 1.807) is 0 Å². The fourth-order valence-corrected chi connectivity index (χ4v) is 6.19. The average molecular weight is 383 g/mol. The van der Waals surface area contributed by atoms with Crippen molar-refractivity contribution in [2.45, 2.75) is 15.2 Å². The molecule has 4 aromatic rings. The Morgan fingerprint density at radius 3 is 1.81 bits per heavy atom. The molecule has 0 amide bonds. The third-order valence-electron chi connectivity index (χ3n) is 5.81. The number of halogens is 1. The Balaban J connectivity index is 1.87. The van der Waals surface area contributed by atoms with E-state index in [-0.39, 0.29) is 5.41 Å². The maximum absolute atomic E-state index is 6.52. The average Bonchev–Trinajstić information content (AvgIpc) is 2.99. The van der Waals surface area contributed by atoms with Gasteiger partial charge in [0.05, 0.1) is 5.41 Å². The predicted octanol–water partition coefficient (Wildman–Crippen LogP) is 7.17. The van der Waals surface area contributed by atoms with E-state index in [1.807, 2.05) is 17.8 Å². The van der Waals surface area contributed by atoms with Crippen LogP contribution in [0.15, 0.2) is 101 Å². The van der Waals surface area contributed by atoms with Gasteiger partial charge < -0.3 is 0 Å². The third-order valence-corrected chi connectivity index (χ3v) is 7.20. The van der Waals surface area contributed by atoms with Crippen LogP contribution in [0.5, 0.6) is 0 Å². The maximum Gasteiger partial charge on any atom is 0.0735 e. The summed E-state index contributed by atoms with van der Waals surface area (Å²) in [5.41, 5.74) is 7.62.